The maximum atomic E-state index is 11.6. The molecule has 1 aliphatic heterocycles. The number of phosphoric ester groups is 1. The molecule has 0 spiro atoms. The van der Waals surface area contributed by atoms with E-state index in [1.165, 1.54) is 4.57 Å². The predicted molar refractivity (Wildman–Crippen MR) is 86.6 cm³/mol. The Morgan fingerprint density at radius 3 is 2.34 bits per heavy atom. The quantitative estimate of drug-likeness (QED) is 0.260. The summed E-state index contributed by atoms with van der Waals surface area (Å²) in [6.07, 6.45) is -3.99. The van der Waals surface area contributed by atoms with Crippen LogP contribution in [0.3, 0.4) is 0 Å². The van der Waals surface area contributed by atoms with E-state index < -0.39 is 54.6 Å². The summed E-state index contributed by atoms with van der Waals surface area (Å²) in [7, 11) is -18.1. The van der Waals surface area contributed by atoms with Gasteiger partial charge in [0.25, 0.3) is 15.6 Å². The van der Waals surface area contributed by atoms with Crippen LogP contribution in [-0.4, -0.2) is 54.7 Å². The third kappa shape index (κ3) is 6.39. The predicted octanol–water partition coefficient (Wildman–Crippen LogP) is -4.16. The van der Waals surface area contributed by atoms with Crippen molar-refractivity contribution in [1.29, 1.82) is 0 Å². The molecular weight excluding hydrogens is 543 g/mol. The number of fused-ring (bicyclic) bond motifs is 1. The first kappa shape index (κ1) is 27.4. The molecule has 22 heteroatoms. The number of hydrogen-bond acceptors (Lipinski definition) is 17. The van der Waals surface area contributed by atoms with Crippen molar-refractivity contribution in [2.75, 3.05) is 12.3 Å². The third-order valence-electron chi connectivity index (χ3n) is 3.80. The van der Waals surface area contributed by atoms with Crippen LogP contribution in [0, 0.1) is 0 Å². The molecule has 0 saturated carbocycles. The van der Waals surface area contributed by atoms with Gasteiger partial charge in [0, 0.05) is 0 Å². The van der Waals surface area contributed by atoms with E-state index >= 15 is 0 Å². The van der Waals surface area contributed by atoms with Gasteiger partial charge in [0.15, 0.2) is 17.7 Å². The van der Waals surface area contributed by atoms with Crippen molar-refractivity contribution in [2.24, 2.45) is 0 Å². The molecule has 1 saturated heterocycles. The van der Waals surface area contributed by atoms with Gasteiger partial charge in [-0.2, -0.15) is 0 Å². The number of hydrogen-bond donors (Lipinski definition) is 3. The Morgan fingerprint density at radius 2 is 1.72 bits per heavy atom. The van der Waals surface area contributed by atoms with E-state index in [-0.39, 0.29) is 34.3 Å². The Balaban J connectivity index is 0.00000363. The molecule has 0 bridgehead atoms. The Hall–Kier alpha value is -0.828. The topological polar surface area (TPSA) is 290 Å². The van der Waals surface area contributed by atoms with Gasteiger partial charge >= 0.3 is 17.4 Å². The molecule has 18 nitrogen and oxygen atoms in total. The molecule has 1 aliphatic rings. The van der Waals surface area contributed by atoms with Crippen LogP contribution in [-0.2, 0) is 48.9 Å². The van der Waals surface area contributed by atoms with Crippen molar-refractivity contribution in [3.8, 4) is 0 Å². The van der Waals surface area contributed by atoms with Crippen molar-refractivity contribution in [3.63, 3.8) is 0 Å². The number of nitrogens with two attached hydrogens (primary N) is 1. The molecule has 1 fully saturated rings. The molecule has 0 aliphatic carbocycles. The molecule has 4 N–H and O–H groups in total. The molecule has 3 heterocycles. The number of ether oxygens (including phenoxy) is 1. The van der Waals surface area contributed by atoms with E-state index in [1.54, 1.807) is 0 Å². The van der Waals surface area contributed by atoms with Crippen LogP contribution in [0.15, 0.2) is 12.7 Å². The maximum Gasteiger partial charge on any atom is 4.00 e. The van der Waals surface area contributed by atoms with E-state index in [4.69, 9.17) is 10.5 Å². The van der Waals surface area contributed by atoms with Gasteiger partial charge < -0.3 is 49.3 Å². The minimum Gasteiger partial charge on any atom is -0.790 e. The smallest absolute Gasteiger partial charge is 0.790 e. The van der Waals surface area contributed by atoms with Gasteiger partial charge in [-0.25, -0.2) is 19.3 Å². The van der Waals surface area contributed by atoms with Crippen LogP contribution in [0.1, 0.15) is 6.23 Å². The van der Waals surface area contributed by atoms with Crippen molar-refractivity contribution >= 4 is 40.4 Å². The number of aliphatic hydroxyl groups is 2. The first-order chi connectivity index (χ1) is 14.2. The van der Waals surface area contributed by atoms with Crippen molar-refractivity contribution < 1.29 is 78.7 Å². The minimum absolute atomic E-state index is 0. The number of imidazole rings is 1. The van der Waals surface area contributed by atoms with Crippen LogP contribution < -0.4 is 25.3 Å². The second kappa shape index (κ2) is 9.81. The zero-order chi connectivity index (χ0) is 23.2. The molecule has 2 aromatic rings. The summed E-state index contributed by atoms with van der Waals surface area (Å²) in [4.78, 5) is 54.9. The molecule has 3 rings (SSSR count). The van der Waals surface area contributed by atoms with Gasteiger partial charge in [0.1, 0.15) is 30.2 Å². The van der Waals surface area contributed by atoms with Crippen molar-refractivity contribution in [3.05, 3.63) is 12.7 Å². The largest absolute Gasteiger partial charge is 4.00 e. The summed E-state index contributed by atoms with van der Waals surface area (Å²) in [5.74, 6) is 0.0195. The van der Waals surface area contributed by atoms with E-state index in [0.29, 0.717) is 0 Å². The van der Waals surface area contributed by atoms with Crippen LogP contribution in [0.25, 0.3) is 11.2 Å². The summed E-state index contributed by atoms with van der Waals surface area (Å²) < 4.78 is 50.2. The fourth-order valence-corrected chi connectivity index (χ4v) is 5.47. The Morgan fingerprint density at radius 1 is 1.06 bits per heavy atom. The first-order valence-corrected chi connectivity index (χ1v) is 12.2. The van der Waals surface area contributed by atoms with Crippen molar-refractivity contribution in [1.82, 2.24) is 19.5 Å². The van der Waals surface area contributed by atoms with Gasteiger partial charge in [-0.15, -0.1) is 0 Å². The summed E-state index contributed by atoms with van der Waals surface area (Å²) >= 11 is 0. The SMILES string of the molecule is Nc1ncnc2c1ncn2[C@@H]1O[C@H](COP(=O)([O-])OP(=O)([O-])OP(=O)([O-])[O-])[C@@H](O)[C@H]1O.[Cr+4]. The van der Waals surface area contributed by atoms with Gasteiger partial charge in [0.2, 0.25) is 0 Å². The molecule has 2 unspecified atom stereocenters. The van der Waals surface area contributed by atoms with Crippen LogP contribution in [0.2, 0.25) is 0 Å². The minimum atomic E-state index is -6.14. The second-order valence-electron chi connectivity index (χ2n) is 5.93. The first-order valence-electron chi connectivity index (χ1n) is 7.85. The van der Waals surface area contributed by atoms with E-state index in [0.717, 1.165) is 12.7 Å². The number of nitrogen functional groups attached to an aromatic ring is 1. The fraction of sp³-hybridized carbons (Fsp3) is 0.500. The van der Waals surface area contributed by atoms with Gasteiger partial charge in [0.05, 0.1) is 20.8 Å². The summed E-state index contributed by atoms with van der Waals surface area (Å²) in [5.41, 5.74) is 5.92. The Kier molecular flexibility index (Phi) is 8.40. The zero-order valence-corrected chi connectivity index (χ0v) is 19.1. The third-order valence-corrected chi connectivity index (χ3v) is 7.46. The molecule has 0 aromatic carbocycles. The molecule has 2 aromatic heterocycles. The number of aromatic nitrogens is 4. The monoisotopic (exact) mass is 555 g/mol. The molecule has 6 atom stereocenters. The van der Waals surface area contributed by atoms with E-state index in [1.807, 2.05) is 0 Å². The van der Waals surface area contributed by atoms with Crippen LogP contribution >= 0.6 is 23.5 Å². The van der Waals surface area contributed by atoms with Gasteiger partial charge in [-0.3, -0.25) is 18.0 Å². The Bertz CT molecular complexity index is 1110. The normalized spacial score (nSPS) is 27.6. The summed E-state index contributed by atoms with van der Waals surface area (Å²) in [6, 6.07) is 0. The summed E-state index contributed by atoms with van der Waals surface area (Å²) in [5, 5.41) is 20.3. The average molecular weight is 555 g/mol. The van der Waals surface area contributed by atoms with Crippen LogP contribution in [0.5, 0.6) is 0 Å². The number of nitrogens with zero attached hydrogens (tertiary/aromatic N) is 4. The number of aliphatic hydroxyl groups excluding tert-OH is 2. The van der Waals surface area contributed by atoms with E-state index in [2.05, 4.69) is 28.1 Å². The number of phosphoric acid groups is 3. The summed E-state index contributed by atoms with van der Waals surface area (Å²) in [6.45, 7) is -1.08. The fourth-order valence-electron chi connectivity index (χ4n) is 2.60. The van der Waals surface area contributed by atoms with Crippen LogP contribution in [0.4, 0.5) is 5.82 Å². The number of anilines is 1. The molecule has 0 amide bonds. The molecule has 32 heavy (non-hydrogen) atoms. The number of rotatable bonds is 8. The van der Waals surface area contributed by atoms with Crippen molar-refractivity contribution in [2.45, 2.75) is 24.5 Å². The standard InChI is InChI=1S/C10H16N5O13P3.Cr/c11-8-5-9(13-2-12-8)15(3-14-5)10-7(17)6(16)4(26-10)1-25-30(21,22)28-31(23,24)27-29(18,19)20;/h2-4,6-7,10,16-17H,1H2,(H,21,22)(H,23,24)(H2,11,12,13)(H2,18,19,20);/q;+4/p-4/t4-,6-,7-,10-;/m1./s1. The maximum absolute atomic E-state index is 11.6. The second-order valence-corrected chi connectivity index (χ2v) is 10.2. The molecule has 0 radical (unpaired) electrons. The Labute approximate surface area is 188 Å². The average Bonchev–Trinajstić information content (AvgIpc) is 3.13. The molecular formula is C10H12CrN5O13P3. The van der Waals surface area contributed by atoms with Gasteiger partial charge in [-0.1, -0.05) is 0 Å². The van der Waals surface area contributed by atoms with Gasteiger partial charge in [-0.05, 0) is 0 Å². The zero-order valence-electron chi connectivity index (χ0n) is 15.2. The molecule has 176 valence electrons. The van der Waals surface area contributed by atoms with E-state index in [9.17, 15) is 43.5 Å².